The van der Waals surface area contributed by atoms with Gasteiger partial charge in [-0.3, -0.25) is 0 Å². The Morgan fingerprint density at radius 2 is 2.00 bits per heavy atom. The van der Waals surface area contributed by atoms with Crippen molar-refractivity contribution in [2.75, 3.05) is 18.7 Å². The van der Waals surface area contributed by atoms with Gasteiger partial charge in [0.2, 0.25) is 12.6 Å². The van der Waals surface area contributed by atoms with Gasteiger partial charge in [-0.15, -0.1) is 0 Å². The number of para-hydroxylation sites is 1. The van der Waals surface area contributed by atoms with Crippen LogP contribution in [0.4, 0.5) is 11.5 Å². The van der Waals surface area contributed by atoms with Crippen LogP contribution in [0.15, 0.2) is 42.5 Å². The summed E-state index contributed by atoms with van der Waals surface area (Å²) in [4.78, 5) is 20.7. The highest BCUT2D eigenvalue weighted by atomic mass is 16.7. The van der Waals surface area contributed by atoms with Gasteiger partial charge in [0.1, 0.15) is 5.82 Å². The van der Waals surface area contributed by atoms with Crippen LogP contribution in [0.1, 0.15) is 17.5 Å². The van der Waals surface area contributed by atoms with Crippen molar-refractivity contribution in [3.8, 4) is 11.5 Å². The maximum atomic E-state index is 12.0. The summed E-state index contributed by atoms with van der Waals surface area (Å²) in [5, 5.41) is 4.02. The molecule has 0 bridgehead atoms. The van der Waals surface area contributed by atoms with Crippen LogP contribution in [0.25, 0.3) is 10.9 Å². The Morgan fingerprint density at radius 1 is 1.16 bits per heavy atom. The Hall–Kier alpha value is -3.35. The summed E-state index contributed by atoms with van der Waals surface area (Å²) in [5.74, 6) is 1.34. The van der Waals surface area contributed by atoms with Gasteiger partial charge < -0.3 is 19.5 Å². The summed E-state index contributed by atoms with van der Waals surface area (Å²) < 4.78 is 15.7. The van der Waals surface area contributed by atoms with E-state index in [0.717, 1.165) is 11.1 Å². The molecule has 0 spiro atoms. The smallest absolute Gasteiger partial charge is 0.376 e. The molecular weight excluding hydrogens is 322 g/mol. The zero-order valence-corrected chi connectivity index (χ0v) is 13.5. The van der Waals surface area contributed by atoms with Crippen molar-refractivity contribution in [1.29, 1.82) is 0 Å². The van der Waals surface area contributed by atoms with E-state index in [1.54, 1.807) is 6.92 Å². The van der Waals surface area contributed by atoms with Crippen molar-refractivity contribution in [3.63, 3.8) is 0 Å². The Labute approximate surface area is 143 Å². The van der Waals surface area contributed by atoms with Crippen LogP contribution in [0.2, 0.25) is 0 Å². The van der Waals surface area contributed by atoms with Crippen molar-refractivity contribution in [2.24, 2.45) is 0 Å². The lowest BCUT2D eigenvalue weighted by atomic mass is 10.2. The fourth-order valence-corrected chi connectivity index (χ4v) is 2.57. The van der Waals surface area contributed by atoms with Gasteiger partial charge in [0, 0.05) is 17.1 Å². The monoisotopic (exact) mass is 337 g/mol. The maximum Gasteiger partial charge on any atom is 0.376 e. The average molecular weight is 337 g/mol. The van der Waals surface area contributed by atoms with E-state index >= 15 is 0 Å². The van der Waals surface area contributed by atoms with Crippen molar-refractivity contribution < 1.29 is 19.0 Å². The molecule has 0 amide bonds. The van der Waals surface area contributed by atoms with Gasteiger partial charge >= 0.3 is 5.97 Å². The molecule has 1 N–H and O–H groups in total. The number of nitrogens with zero attached hydrogens (tertiary/aromatic N) is 2. The van der Waals surface area contributed by atoms with Gasteiger partial charge in [-0.25, -0.2) is 14.8 Å². The minimum Gasteiger partial charge on any atom is -0.460 e. The number of aromatic nitrogens is 2. The first kappa shape index (κ1) is 15.2. The van der Waals surface area contributed by atoms with Crippen molar-refractivity contribution in [2.45, 2.75) is 6.92 Å². The fourth-order valence-electron chi connectivity index (χ4n) is 2.57. The van der Waals surface area contributed by atoms with E-state index in [1.807, 2.05) is 42.5 Å². The molecule has 0 fully saturated rings. The molecule has 7 nitrogen and oxygen atoms in total. The number of anilines is 2. The molecule has 1 aliphatic heterocycles. The summed E-state index contributed by atoms with van der Waals surface area (Å²) in [6, 6.07) is 13.0. The van der Waals surface area contributed by atoms with Crippen LogP contribution in [0.3, 0.4) is 0 Å². The van der Waals surface area contributed by atoms with Crippen molar-refractivity contribution in [3.05, 3.63) is 48.3 Å². The largest absolute Gasteiger partial charge is 0.460 e. The second-order valence-electron chi connectivity index (χ2n) is 5.33. The van der Waals surface area contributed by atoms with Gasteiger partial charge in [-0.2, -0.15) is 0 Å². The molecule has 4 rings (SSSR count). The minimum atomic E-state index is -0.554. The Balaban J connectivity index is 1.75. The van der Waals surface area contributed by atoms with E-state index in [1.165, 1.54) is 0 Å². The third-order valence-electron chi connectivity index (χ3n) is 3.70. The predicted molar refractivity (Wildman–Crippen MR) is 91.3 cm³/mol. The Bertz CT molecular complexity index is 958. The quantitative estimate of drug-likeness (QED) is 0.732. The molecule has 1 aromatic heterocycles. The molecule has 1 aliphatic rings. The average Bonchev–Trinajstić information content (AvgIpc) is 3.09. The number of hydrogen-bond donors (Lipinski definition) is 1. The van der Waals surface area contributed by atoms with Crippen LogP contribution < -0.4 is 14.8 Å². The standard InChI is InChI=1S/C18H15N3O4/c1-2-23-18(22)17-20-13-6-4-3-5-12(13)16(21-17)19-11-7-8-14-15(9-11)25-10-24-14/h3-9H,2,10H2,1H3,(H,19,20,21). The molecule has 7 heteroatoms. The zero-order chi connectivity index (χ0) is 17.2. The molecule has 0 aliphatic carbocycles. The second kappa shape index (κ2) is 6.27. The number of carbonyl (C=O) groups is 1. The number of fused-ring (bicyclic) bond motifs is 2. The van der Waals surface area contributed by atoms with E-state index < -0.39 is 5.97 Å². The molecule has 0 saturated carbocycles. The molecule has 3 aromatic rings. The van der Waals surface area contributed by atoms with E-state index in [2.05, 4.69) is 15.3 Å². The Morgan fingerprint density at radius 3 is 2.88 bits per heavy atom. The third kappa shape index (κ3) is 2.91. The lowest BCUT2D eigenvalue weighted by molar-refractivity contribution is 0.0512. The second-order valence-corrected chi connectivity index (χ2v) is 5.33. The predicted octanol–water partition coefficient (Wildman–Crippen LogP) is 3.28. The molecule has 25 heavy (non-hydrogen) atoms. The maximum absolute atomic E-state index is 12.0. The van der Waals surface area contributed by atoms with E-state index in [0.29, 0.717) is 22.8 Å². The summed E-state index contributed by atoms with van der Waals surface area (Å²) >= 11 is 0. The highest BCUT2D eigenvalue weighted by Gasteiger charge is 2.17. The third-order valence-corrected chi connectivity index (χ3v) is 3.70. The van der Waals surface area contributed by atoms with Gasteiger partial charge in [0.15, 0.2) is 11.5 Å². The number of carbonyl (C=O) groups excluding carboxylic acids is 1. The zero-order valence-electron chi connectivity index (χ0n) is 13.5. The van der Waals surface area contributed by atoms with Crippen LogP contribution >= 0.6 is 0 Å². The number of hydrogen-bond acceptors (Lipinski definition) is 7. The first-order chi connectivity index (χ1) is 12.2. The molecule has 2 heterocycles. The van der Waals surface area contributed by atoms with Crippen LogP contribution in [0.5, 0.6) is 11.5 Å². The van der Waals surface area contributed by atoms with Gasteiger partial charge in [0.05, 0.1) is 12.1 Å². The summed E-state index contributed by atoms with van der Waals surface area (Å²) in [6.07, 6.45) is 0. The summed E-state index contributed by atoms with van der Waals surface area (Å²) in [5.41, 5.74) is 1.42. The number of esters is 1. The van der Waals surface area contributed by atoms with Crippen molar-refractivity contribution >= 4 is 28.4 Å². The molecule has 2 aromatic carbocycles. The number of rotatable bonds is 4. The molecule has 0 radical (unpaired) electrons. The van der Waals surface area contributed by atoms with Gasteiger partial charge in [-0.1, -0.05) is 12.1 Å². The number of benzene rings is 2. The first-order valence-electron chi connectivity index (χ1n) is 7.85. The number of ether oxygens (including phenoxy) is 3. The van der Waals surface area contributed by atoms with E-state index in [4.69, 9.17) is 14.2 Å². The SMILES string of the molecule is CCOC(=O)c1nc(Nc2ccc3c(c2)OCO3)c2ccccc2n1. The number of nitrogens with one attached hydrogen (secondary N) is 1. The van der Waals surface area contributed by atoms with Crippen LogP contribution in [-0.4, -0.2) is 29.3 Å². The van der Waals surface area contributed by atoms with Crippen LogP contribution in [-0.2, 0) is 4.74 Å². The lowest BCUT2D eigenvalue weighted by Gasteiger charge is -2.11. The Kier molecular flexibility index (Phi) is 3.81. The van der Waals surface area contributed by atoms with Crippen LogP contribution in [0, 0.1) is 0 Å². The van der Waals surface area contributed by atoms with Crippen molar-refractivity contribution in [1.82, 2.24) is 9.97 Å². The normalized spacial score (nSPS) is 12.2. The molecule has 0 atom stereocenters. The fraction of sp³-hybridized carbons (Fsp3) is 0.167. The molecule has 126 valence electrons. The van der Waals surface area contributed by atoms with Gasteiger partial charge in [0.25, 0.3) is 0 Å². The first-order valence-corrected chi connectivity index (χ1v) is 7.85. The summed E-state index contributed by atoms with van der Waals surface area (Å²) in [6.45, 7) is 2.22. The highest BCUT2D eigenvalue weighted by molar-refractivity contribution is 5.95. The van der Waals surface area contributed by atoms with E-state index in [9.17, 15) is 4.79 Å². The van der Waals surface area contributed by atoms with Gasteiger partial charge in [-0.05, 0) is 31.2 Å². The molecular formula is C18H15N3O4. The molecule has 0 saturated heterocycles. The minimum absolute atomic E-state index is 0.0174. The van der Waals surface area contributed by atoms with E-state index in [-0.39, 0.29) is 19.2 Å². The molecule has 0 unspecified atom stereocenters. The topological polar surface area (TPSA) is 82.6 Å². The lowest BCUT2D eigenvalue weighted by Crippen LogP contribution is -2.11. The summed E-state index contributed by atoms with van der Waals surface area (Å²) in [7, 11) is 0. The highest BCUT2D eigenvalue weighted by Crippen LogP contribution is 2.35.